The summed E-state index contributed by atoms with van der Waals surface area (Å²) in [6.07, 6.45) is 3.45. The Balaban J connectivity index is 1.60. The molecule has 0 unspecified atom stereocenters. The van der Waals surface area contributed by atoms with Crippen LogP contribution in [0.3, 0.4) is 0 Å². The van der Waals surface area contributed by atoms with Gasteiger partial charge >= 0.3 is 6.09 Å². The topological polar surface area (TPSA) is 146 Å². The van der Waals surface area contributed by atoms with Gasteiger partial charge in [-0.25, -0.2) is 4.79 Å². The van der Waals surface area contributed by atoms with E-state index in [2.05, 4.69) is 10.6 Å². The molecule has 1 aliphatic rings. The van der Waals surface area contributed by atoms with Gasteiger partial charge in [0.1, 0.15) is 12.6 Å². The van der Waals surface area contributed by atoms with Crippen LogP contribution in [0.2, 0.25) is 0 Å². The number of nitrogens with two attached hydrogens (primary N) is 2. The lowest BCUT2D eigenvalue weighted by Crippen LogP contribution is -2.51. The van der Waals surface area contributed by atoms with Gasteiger partial charge in [-0.05, 0) is 50.0 Å². The van der Waals surface area contributed by atoms with Gasteiger partial charge in [0.05, 0.1) is 6.04 Å². The molecule has 3 amide bonds. The summed E-state index contributed by atoms with van der Waals surface area (Å²) in [5, 5.41) is 5.33. The Bertz CT molecular complexity index is 694. The Kier molecular flexibility index (Phi) is 10.8. The average Bonchev–Trinajstić information content (AvgIpc) is 2.77. The molecule has 1 saturated heterocycles. The standard InChI is InChI=1S/C22H34N4O5/c23-18(14-16-9-12-30-13-10-16)21(28)26-19(20(24)27)8-4-5-11-25-22(29)31-15-17-6-2-1-3-7-17/h1-3,6-7,16,18-19H,4-5,8-15,23H2,(H2,24,27)(H,25,29)(H,26,28)/t18-,19-/m0/s1. The second-order valence-corrected chi connectivity index (χ2v) is 7.85. The van der Waals surface area contributed by atoms with Gasteiger partial charge in [0.2, 0.25) is 11.8 Å². The molecule has 9 heteroatoms. The molecule has 1 aromatic rings. The molecule has 0 aliphatic carbocycles. The van der Waals surface area contributed by atoms with Gasteiger partial charge in [-0.3, -0.25) is 9.59 Å². The van der Waals surface area contributed by atoms with Gasteiger partial charge < -0.3 is 31.6 Å². The number of rotatable bonds is 12. The summed E-state index contributed by atoms with van der Waals surface area (Å²) in [5.41, 5.74) is 12.3. The van der Waals surface area contributed by atoms with Crippen LogP contribution < -0.4 is 22.1 Å². The highest BCUT2D eigenvalue weighted by molar-refractivity contribution is 5.88. The summed E-state index contributed by atoms with van der Waals surface area (Å²) >= 11 is 0. The first-order valence-corrected chi connectivity index (χ1v) is 10.8. The lowest BCUT2D eigenvalue weighted by Gasteiger charge is -2.25. The van der Waals surface area contributed by atoms with Crippen LogP contribution in [0.25, 0.3) is 0 Å². The number of primary amides is 1. The first-order chi connectivity index (χ1) is 15.0. The van der Waals surface area contributed by atoms with Gasteiger partial charge in [0.15, 0.2) is 0 Å². The van der Waals surface area contributed by atoms with Crippen molar-refractivity contribution in [1.29, 1.82) is 0 Å². The van der Waals surface area contributed by atoms with Crippen molar-refractivity contribution < 1.29 is 23.9 Å². The molecule has 1 heterocycles. The third-order valence-corrected chi connectivity index (χ3v) is 5.33. The third-order valence-electron chi connectivity index (χ3n) is 5.33. The number of carbonyl (C=O) groups excluding carboxylic acids is 3. The predicted molar refractivity (Wildman–Crippen MR) is 116 cm³/mol. The monoisotopic (exact) mass is 434 g/mol. The van der Waals surface area contributed by atoms with E-state index in [1.54, 1.807) is 0 Å². The maximum atomic E-state index is 12.3. The molecule has 2 rings (SSSR count). The van der Waals surface area contributed by atoms with Crippen LogP contribution in [0.15, 0.2) is 30.3 Å². The molecule has 1 fully saturated rings. The van der Waals surface area contributed by atoms with Crippen molar-refractivity contribution in [1.82, 2.24) is 10.6 Å². The van der Waals surface area contributed by atoms with E-state index in [1.165, 1.54) is 0 Å². The lowest BCUT2D eigenvalue weighted by atomic mass is 9.92. The highest BCUT2D eigenvalue weighted by Crippen LogP contribution is 2.19. The molecule has 0 spiro atoms. The minimum atomic E-state index is -0.779. The lowest BCUT2D eigenvalue weighted by molar-refractivity contribution is -0.128. The summed E-state index contributed by atoms with van der Waals surface area (Å²) in [5.74, 6) is -0.603. The fourth-order valence-electron chi connectivity index (χ4n) is 3.45. The van der Waals surface area contributed by atoms with E-state index in [4.69, 9.17) is 20.9 Å². The maximum Gasteiger partial charge on any atom is 0.407 e. The van der Waals surface area contributed by atoms with E-state index in [0.29, 0.717) is 51.4 Å². The van der Waals surface area contributed by atoms with E-state index in [0.717, 1.165) is 18.4 Å². The largest absolute Gasteiger partial charge is 0.445 e. The number of unbranched alkanes of at least 4 members (excludes halogenated alkanes) is 1. The summed E-state index contributed by atoms with van der Waals surface area (Å²) in [6, 6.07) is 7.95. The Morgan fingerprint density at radius 1 is 1.13 bits per heavy atom. The van der Waals surface area contributed by atoms with Crippen molar-refractivity contribution in [3.8, 4) is 0 Å². The normalized spacial score (nSPS) is 16.2. The molecule has 0 aromatic heterocycles. The molecule has 2 atom stereocenters. The minimum Gasteiger partial charge on any atom is -0.445 e. The molecule has 0 radical (unpaired) electrons. The zero-order valence-electron chi connectivity index (χ0n) is 17.9. The first-order valence-electron chi connectivity index (χ1n) is 10.8. The van der Waals surface area contributed by atoms with Crippen LogP contribution >= 0.6 is 0 Å². The summed E-state index contributed by atoms with van der Waals surface area (Å²) < 4.78 is 10.4. The van der Waals surface area contributed by atoms with Gasteiger partial charge in [-0.2, -0.15) is 0 Å². The molecule has 6 N–H and O–H groups in total. The van der Waals surface area contributed by atoms with Crippen LogP contribution in [0.5, 0.6) is 0 Å². The molecular formula is C22H34N4O5. The predicted octanol–water partition coefficient (Wildman–Crippen LogP) is 1.20. The second-order valence-electron chi connectivity index (χ2n) is 7.85. The number of amides is 3. The highest BCUT2D eigenvalue weighted by Gasteiger charge is 2.25. The fraction of sp³-hybridized carbons (Fsp3) is 0.591. The SMILES string of the molecule is NC(=O)[C@H](CCCCNC(=O)OCc1ccccc1)NC(=O)[C@@H](N)CC1CCOCC1. The van der Waals surface area contributed by atoms with E-state index in [1.807, 2.05) is 30.3 Å². The van der Waals surface area contributed by atoms with Crippen LogP contribution in [0.4, 0.5) is 4.79 Å². The summed E-state index contributed by atoms with van der Waals surface area (Å²) in [4.78, 5) is 35.8. The molecular weight excluding hydrogens is 400 g/mol. The molecule has 1 aliphatic heterocycles. The average molecular weight is 435 g/mol. The van der Waals surface area contributed by atoms with Crippen LogP contribution in [-0.4, -0.2) is 49.7 Å². The highest BCUT2D eigenvalue weighted by atomic mass is 16.5. The zero-order chi connectivity index (χ0) is 22.5. The van der Waals surface area contributed by atoms with Crippen LogP contribution in [0.1, 0.15) is 44.1 Å². The Morgan fingerprint density at radius 3 is 2.52 bits per heavy atom. The van der Waals surface area contributed by atoms with E-state index in [-0.39, 0.29) is 12.5 Å². The molecule has 0 saturated carbocycles. The van der Waals surface area contributed by atoms with Crippen molar-refractivity contribution in [2.75, 3.05) is 19.8 Å². The van der Waals surface area contributed by atoms with Gasteiger partial charge in [-0.1, -0.05) is 30.3 Å². The van der Waals surface area contributed by atoms with Gasteiger partial charge in [0, 0.05) is 19.8 Å². The third kappa shape index (κ3) is 9.80. The van der Waals surface area contributed by atoms with Crippen molar-refractivity contribution in [3.63, 3.8) is 0 Å². The number of alkyl carbamates (subject to hydrolysis) is 1. The molecule has 9 nitrogen and oxygen atoms in total. The summed E-state index contributed by atoms with van der Waals surface area (Å²) in [6.45, 7) is 1.99. The zero-order valence-corrected chi connectivity index (χ0v) is 17.9. The quantitative estimate of drug-likeness (QED) is 0.364. The Hall–Kier alpha value is -2.65. The van der Waals surface area contributed by atoms with Crippen molar-refractivity contribution in [2.24, 2.45) is 17.4 Å². The van der Waals surface area contributed by atoms with Gasteiger partial charge in [0.25, 0.3) is 0 Å². The number of benzene rings is 1. The second kappa shape index (κ2) is 13.6. The number of carbonyl (C=O) groups is 3. The van der Waals surface area contributed by atoms with Crippen LogP contribution in [-0.2, 0) is 25.7 Å². The molecule has 1 aromatic carbocycles. The van der Waals surface area contributed by atoms with Crippen molar-refractivity contribution >= 4 is 17.9 Å². The van der Waals surface area contributed by atoms with E-state index >= 15 is 0 Å². The smallest absolute Gasteiger partial charge is 0.407 e. The fourth-order valence-corrected chi connectivity index (χ4v) is 3.45. The van der Waals surface area contributed by atoms with E-state index in [9.17, 15) is 14.4 Å². The number of nitrogens with one attached hydrogen (secondary N) is 2. The van der Waals surface area contributed by atoms with E-state index < -0.39 is 24.1 Å². The van der Waals surface area contributed by atoms with Crippen LogP contribution in [0, 0.1) is 5.92 Å². The molecule has 31 heavy (non-hydrogen) atoms. The van der Waals surface area contributed by atoms with Crippen molar-refractivity contribution in [2.45, 2.75) is 57.2 Å². The minimum absolute atomic E-state index is 0.205. The Morgan fingerprint density at radius 2 is 1.84 bits per heavy atom. The number of hydrogen-bond donors (Lipinski definition) is 4. The Labute approximate surface area is 183 Å². The first kappa shape index (κ1) is 24.6. The summed E-state index contributed by atoms with van der Waals surface area (Å²) in [7, 11) is 0. The molecule has 0 bridgehead atoms. The maximum absolute atomic E-state index is 12.3. The number of ether oxygens (including phenoxy) is 2. The number of hydrogen-bond acceptors (Lipinski definition) is 6. The molecule has 172 valence electrons. The van der Waals surface area contributed by atoms with Gasteiger partial charge in [-0.15, -0.1) is 0 Å². The van der Waals surface area contributed by atoms with Crippen molar-refractivity contribution in [3.05, 3.63) is 35.9 Å².